The van der Waals surface area contributed by atoms with Crippen LogP contribution in [0.15, 0.2) is 12.1 Å². The van der Waals surface area contributed by atoms with Crippen LogP contribution in [0.2, 0.25) is 0 Å². The van der Waals surface area contributed by atoms with Gasteiger partial charge in [-0.15, -0.1) is 0 Å². The smallest absolute Gasteiger partial charge is 0.256 e. The van der Waals surface area contributed by atoms with E-state index in [1.54, 1.807) is 0 Å². The van der Waals surface area contributed by atoms with Gasteiger partial charge in [-0.3, -0.25) is 4.79 Å². The maximum absolute atomic E-state index is 13.2. The van der Waals surface area contributed by atoms with E-state index in [2.05, 4.69) is 0 Å². The van der Waals surface area contributed by atoms with Gasteiger partial charge in [0.1, 0.15) is 0 Å². The van der Waals surface area contributed by atoms with Crippen LogP contribution in [0.3, 0.4) is 0 Å². The molecule has 104 valence electrons. The quantitative estimate of drug-likeness (QED) is 0.792. The van der Waals surface area contributed by atoms with E-state index in [1.165, 1.54) is 4.90 Å². The molecule has 1 amide bonds. The molecular formula is C13H16F2N2O2. The molecule has 0 atom stereocenters. The minimum atomic E-state index is -1.08. The molecule has 1 fully saturated rings. The first-order chi connectivity index (χ1) is 8.80. The summed E-state index contributed by atoms with van der Waals surface area (Å²) in [6, 6.07) is 1.67. The normalized spacial score (nSPS) is 18.4. The van der Waals surface area contributed by atoms with Gasteiger partial charge < -0.3 is 15.4 Å². The third-order valence-electron chi connectivity index (χ3n) is 3.04. The Kier molecular flexibility index (Phi) is 3.45. The molecule has 2 N–H and O–H groups in total. The second-order valence-electron chi connectivity index (χ2n) is 5.19. The lowest BCUT2D eigenvalue weighted by Gasteiger charge is -2.38. The van der Waals surface area contributed by atoms with Gasteiger partial charge in [-0.1, -0.05) is 0 Å². The molecule has 0 radical (unpaired) electrons. The SMILES string of the molecule is CC1(C)CN(C(=O)c2cc(F)c(F)cc2N)CCO1. The number of halogens is 2. The van der Waals surface area contributed by atoms with Crippen LogP contribution in [-0.2, 0) is 4.74 Å². The summed E-state index contributed by atoms with van der Waals surface area (Å²) >= 11 is 0. The summed E-state index contributed by atoms with van der Waals surface area (Å²) in [7, 11) is 0. The van der Waals surface area contributed by atoms with Crippen LogP contribution in [0.5, 0.6) is 0 Å². The molecule has 1 aliphatic rings. The molecule has 1 saturated heterocycles. The Balaban J connectivity index is 2.27. The molecule has 0 aromatic heterocycles. The Hall–Kier alpha value is -1.69. The second-order valence-corrected chi connectivity index (χ2v) is 5.19. The number of hydrogen-bond acceptors (Lipinski definition) is 3. The Morgan fingerprint density at radius 2 is 2.00 bits per heavy atom. The summed E-state index contributed by atoms with van der Waals surface area (Å²) < 4.78 is 31.7. The van der Waals surface area contributed by atoms with E-state index >= 15 is 0 Å². The molecule has 0 saturated carbocycles. The maximum atomic E-state index is 13.2. The minimum Gasteiger partial charge on any atom is -0.398 e. The van der Waals surface area contributed by atoms with E-state index < -0.39 is 23.1 Å². The van der Waals surface area contributed by atoms with Gasteiger partial charge in [0.05, 0.1) is 17.8 Å². The first-order valence-electron chi connectivity index (χ1n) is 5.98. The van der Waals surface area contributed by atoms with Crippen molar-refractivity contribution < 1.29 is 18.3 Å². The number of hydrogen-bond donors (Lipinski definition) is 1. The average Bonchev–Trinajstić information content (AvgIpc) is 2.31. The van der Waals surface area contributed by atoms with Gasteiger partial charge in [-0.25, -0.2) is 8.78 Å². The highest BCUT2D eigenvalue weighted by atomic mass is 19.2. The molecule has 2 rings (SSSR count). The third kappa shape index (κ3) is 2.84. The summed E-state index contributed by atoms with van der Waals surface area (Å²) in [5, 5.41) is 0. The van der Waals surface area contributed by atoms with Crippen LogP contribution < -0.4 is 5.73 Å². The molecule has 0 bridgehead atoms. The number of anilines is 1. The number of morpholine rings is 1. The second kappa shape index (κ2) is 4.77. The highest BCUT2D eigenvalue weighted by Gasteiger charge is 2.31. The Bertz CT molecular complexity index is 518. The molecule has 0 spiro atoms. The van der Waals surface area contributed by atoms with E-state index in [9.17, 15) is 13.6 Å². The highest BCUT2D eigenvalue weighted by molar-refractivity contribution is 5.99. The van der Waals surface area contributed by atoms with Crippen LogP contribution in [0.4, 0.5) is 14.5 Å². The van der Waals surface area contributed by atoms with Crippen LogP contribution in [0.25, 0.3) is 0 Å². The van der Waals surface area contributed by atoms with Crippen LogP contribution >= 0.6 is 0 Å². The van der Waals surface area contributed by atoms with Gasteiger partial charge in [-0.05, 0) is 19.9 Å². The molecule has 1 heterocycles. The van der Waals surface area contributed by atoms with Crippen molar-refractivity contribution >= 4 is 11.6 Å². The average molecular weight is 270 g/mol. The summed E-state index contributed by atoms with van der Waals surface area (Å²) in [4.78, 5) is 13.8. The number of nitrogens with zero attached hydrogens (tertiary/aromatic N) is 1. The fraction of sp³-hybridized carbons (Fsp3) is 0.462. The fourth-order valence-electron chi connectivity index (χ4n) is 2.11. The zero-order valence-electron chi connectivity index (χ0n) is 10.9. The zero-order chi connectivity index (χ0) is 14.2. The fourth-order valence-corrected chi connectivity index (χ4v) is 2.11. The van der Waals surface area contributed by atoms with Crippen molar-refractivity contribution in [3.8, 4) is 0 Å². The van der Waals surface area contributed by atoms with Crippen molar-refractivity contribution in [1.82, 2.24) is 4.90 Å². The van der Waals surface area contributed by atoms with Gasteiger partial charge in [0, 0.05) is 24.8 Å². The van der Waals surface area contributed by atoms with Crippen molar-refractivity contribution in [3.05, 3.63) is 29.3 Å². The topological polar surface area (TPSA) is 55.6 Å². The molecule has 0 unspecified atom stereocenters. The number of amides is 1. The first-order valence-corrected chi connectivity index (χ1v) is 5.98. The largest absolute Gasteiger partial charge is 0.398 e. The van der Waals surface area contributed by atoms with E-state index in [0.29, 0.717) is 19.7 Å². The van der Waals surface area contributed by atoms with Crippen molar-refractivity contribution in [1.29, 1.82) is 0 Å². The number of carbonyl (C=O) groups is 1. The van der Waals surface area contributed by atoms with Crippen molar-refractivity contribution in [2.45, 2.75) is 19.4 Å². The highest BCUT2D eigenvalue weighted by Crippen LogP contribution is 2.22. The van der Waals surface area contributed by atoms with E-state index in [-0.39, 0.29) is 11.3 Å². The number of nitrogens with two attached hydrogens (primary N) is 1. The van der Waals surface area contributed by atoms with E-state index in [1.807, 2.05) is 13.8 Å². The number of carbonyl (C=O) groups excluding carboxylic acids is 1. The molecular weight excluding hydrogens is 254 g/mol. The lowest BCUT2D eigenvalue weighted by atomic mass is 10.1. The molecule has 19 heavy (non-hydrogen) atoms. The zero-order valence-corrected chi connectivity index (χ0v) is 10.9. The van der Waals surface area contributed by atoms with E-state index in [0.717, 1.165) is 12.1 Å². The predicted octanol–water partition coefficient (Wildman–Crippen LogP) is 1.80. The van der Waals surface area contributed by atoms with Gasteiger partial charge in [0.2, 0.25) is 0 Å². The Labute approximate surface area is 110 Å². The van der Waals surface area contributed by atoms with Crippen molar-refractivity contribution in [2.75, 3.05) is 25.4 Å². The van der Waals surface area contributed by atoms with Crippen molar-refractivity contribution in [2.24, 2.45) is 0 Å². The monoisotopic (exact) mass is 270 g/mol. The number of ether oxygens (including phenoxy) is 1. The van der Waals surface area contributed by atoms with Gasteiger partial charge in [-0.2, -0.15) is 0 Å². The standard InChI is InChI=1S/C13H16F2N2O2/c1-13(2)7-17(3-4-19-13)12(18)8-5-9(14)10(15)6-11(8)16/h5-6H,3-4,7,16H2,1-2H3. The summed E-state index contributed by atoms with van der Waals surface area (Å²) in [6.07, 6.45) is 0. The summed E-state index contributed by atoms with van der Waals surface area (Å²) in [5.74, 6) is -2.55. The molecule has 6 heteroatoms. The number of benzene rings is 1. The molecule has 0 aliphatic carbocycles. The summed E-state index contributed by atoms with van der Waals surface area (Å²) in [6.45, 7) is 4.91. The lowest BCUT2D eigenvalue weighted by Crippen LogP contribution is -2.50. The van der Waals surface area contributed by atoms with Crippen LogP contribution in [-0.4, -0.2) is 36.1 Å². The minimum absolute atomic E-state index is 0.0170. The molecule has 1 aliphatic heterocycles. The Morgan fingerprint density at radius 3 is 2.63 bits per heavy atom. The van der Waals surface area contributed by atoms with Crippen molar-refractivity contribution in [3.63, 3.8) is 0 Å². The molecule has 1 aromatic rings. The van der Waals surface area contributed by atoms with Gasteiger partial charge in [0.15, 0.2) is 11.6 Å². The summed E-state index contributed by atoms with van der Waals surface area (Å²) in [5.41, 5.74) is 5.04. The first kappa shape index (κ1) is 13.7. The molecule has 4 nitrogen and oxygen atoms in total. The predicted molar refractivity (Wildman–Crippen MR) is 66.7 cm³/mol. The third-order valence-corrected chi connectivity index (χ3v) is 3.04. The van der Waals surface area contributed by atoms with Crippen LogP contribution in [0, 0.1) is 11.6 Å². The number of nitrogen functional groups attached to an aromatic ring is 1. The number of rotatable bonds is 1. The van der Waals surface area contributed by atoms with Gasteiger partial charge in [0.25, 0.3) is 5.91 Å². The lowest BCUT2D eigenvalue weighted by molar-refractivity contribution is -0.0763. The van der Waals surface area contributed by atoms with Gasteiger partial charge >= 0.3 is 0 Å². The van der Waals surface area contributed by atoms with E-state index in [4.69, 9.17) is 10.5 Å². The maximum Gasteiger partial charge on any atom is 0.256 e. The Morgan fingerprint density at radius 1 is 1.37 bits per heavy atom. The molecule has 1 aromatic carbocycles. The van der Waals surface area contributed by atoms with Crippen LogP contribution in [0.1, 0.15) is 24.2 Å².